The van der Waals surface area contributed by atoms with Crippen LogP contribution in [0.15, 0.2) is 30.3 Å². The van der Waals surface area contributed by atoms with Gasteiger partial charge in [-0.25, -0.2) is 13.6 Å². The highest BCUT2D eigenvalue weighted by Gasteiger charge is 2.22. The van der Waals surface area contributed by atoms with Crippen molar-refractivity contribution >= 4 is 27.3 Å². The minimum atomic E-state index is -3.58. The first kappa shape index (κ1) is 15.0. The number of sulfonamides is 1. The van der Waals surface area contributed by atoms with E-state index in [4.69, 9.17) is 9.88 Å². The number of amides is 1. The minimum absolute atomic E-state index is 0.00663. The largest absolute Gasteiger partial charge is 0.488 e. The number of ether oxygens (including phenoxy) is 1. The fourth-order valence-electron chi connectivity index (χ4n) is 2.21. The van der Waals surface area contributed by atoms with Crippen LogP contribution in [0, 0.1) is 0 Å². The average molecular weight is 338 g/mol. The van der Waals surface area contributed by atoms with Gasteiger partial charge in [-0.1, -0.05) is 12.1 Å². The normalized spacial score (nSPS) is 13.0. The molecule has 1 aromatic carbocycles. The molecule has 1 aliphatic heterocycles. The highest BCUT2D eigenvalue weighted by molar-refractivity contribution is 7.89. The van der Waals surface area contributed by atoms with E-state index in [-0.39, 0.29) is 18.2 Å². The summed E-state index contributed by atoms with van der Waals surface area (Å²) in [6, 6.07) is 9.44. The zero-order valence-corrected chi connectivity index (χ0v) is 13.2. The van der Waals surface area contributed by atoms with Crippen LogP contribution in [0.1, 0.15) is 15.2 Å². The van der Waals surface area contributed by atoms with Crippen molar-refractivity contribution in [3.63, 3.8) is 0 Å². The zero-order chi connectivity index (χ0) is 15.7. The molecule has 0 radical (unpaired) electrons. The summed E-state index contributed by atoms with van der Waals surface area (Å²) in [7, 11) is -3.58. The SMILES string of the molecule is NS(=O)(=O)CCNC(=O)c1cc2c(s1)-c1ccccc1OC2. The van der Waals surface area contributed by atoms with Crippen molar-refractivity contribution in [3.05, 3.63) is 40.8 Å². The number of primary sulfonamides is 1. The maximum atomic E-state index is 12.1. The Hall–Kier alpha value is -1.90. The van der Waals surface area contributed by atoms with Crippen molar-refractivity contribution in [2.75, 3.05) is 12.3 Å². The molecule has 6 nitrogen and oxygen atoms in total. The number of para-hydroxylation sites is 1. The van der Waals surface area contributed by atoms with E-state index in [0.717, 1.165) is 21.8 Å². The van der Waals surface area contributed by atoms with Crippen molar-refractivity contribution in [2.24, 2.45) is 5.14 Å². The van der Waals surface area contributed by atoms with Crippen molar-refractivity contribution in [3.8, 4) is 16.2 Å². The molecule has 8 heteroatoms. The summed E-state index contributed by atoms with van der Waals surface area (Å²) in [4.78, 5) is 13.6. The Kier molecular flexibility index (Phi) is 3.90. The first-order chi connectivity index (χ1) is 10.4. The molecule has 116 valence electrons. The number of hydrogen-bond acceptors (Lipinski definition) is 5. The van der Waals surface area contributed by atoms with Crippen LogP contribution in [0.25, 0.3) is 10.4 Å². The molecule has 0 unspecified atom stereocenters. The lowest BCUT2D eigenvalue weighted by Crippen LogP contribution is -2.31. The van der Waals surface area contributed by atoms with Gasteiger partial charge in [-0.05, 0) is 18.2 Å². The van der Waals surface area contributed by atoms with Crippen molar-refractivity contribution in [2.45, 2.75) is 6.61 Å². The van der Waals surface area contributed by atoms with Crippen LogP contribution in [0.5, 0.6) is 5.75 Å². The van der Waals surface area contributed by atoms with Gasteiger partial charge in [0.05, 0.1) is 10.6 Å². The van der Waals surface area contributed by atoms with E-state index in [9.17, 15) is 13.2 Å². The van der Waals surface area contributed by atoms with Crippen LogP contribution in [0.2, 0.25) is 0 Å². The lowest BCUT2D eigenvalue weighted by molar-refractivity contribution is 0.0960. The maximum absolute atomic E-state index is 12.1. The van der Waals surface area contributed by atoms with Crippen molar-refractivity contribution < 1.29 is 17.9 Å². The second kappa shape index (κ2) is 5.71. The summed E-state index contributed by atoms with van der Waals surface area (Å²) in [6.07, 6.45) is 0. The van der Waals surface area contributed by atoms with E-state index in [1.54, 1.807) is 6.07 Å². The van der Waals surface area contributed by atoms with Crippen molar-refractivity contribution in [1.82, 2.24) is 5.32 Å². The Morgan fingerprint density at radius 3 is 2.91 bits per heavy atom. The first-order valence-electron chi connectivity index (χ1n) is 6.57. The van der Waals surface area contributed by atoms with Crippen LogP contribution in [-0.4, -0.2) is 26.6 Å². The smallest absolute Gasteiger partial charge is 0.261 e. The van der Waals surface area contributed by atoms with Gasteiger partial charge in [0, 0.05) is 22.5 Å². The standard InChI is InChI=1S/C14H14N2O4S2/c15-22(18,19)6-5-16-14(17)12-7-9-8-20-11-4-2-1-3-10(11)13(9)21-12/h1-4,7H,5-6,8H2,(H,16,17)(H2,15,18,19). The molecule has 0 saturated heterocycles. The molecule has 22 heavy (non-hydrogen) atoms. The molecule has 0 fully saturated rings. The average Bonchev–Trinajstić information content (AvgIpc) is 2.90. The Bertz CT molecular complexity index is 827. The predicted molar refractivity (Wildman–Crippen MR) is 84.4 cm³/mol. The van der Waals surface area contributed by atoms with Crippen LogP contribution >= 0.6 is 11.3 Å². The summed E-state index contributed by atoms with van der Waals surface area (Å²) in [5.41, 5.74) is 1.93. The third-order valence-electron chi connectivity index (χ3n) is 3.22. The van der Waals surface area contributed by atoms with Gasteiger partial charge >= 0.3 is 0 Å². The summed E-state index contributed by atoms with van der Waals surface area (Å²) < 4.78 is 27.4. The number of nitrogens with two attached hydrogens (primary N) is 1. The molecule has 1 amide bonds. The molecular formula is C14H14N2O4S2. The van der Waals surface area contributed by atoms with Gasteiger partial charge in [0.15, 0.2) is 0 Å². The molecule has 1 aliphatic rings. The van der Waals surface area contributed by atoms with Crippen LogP contribution in [0.4, 0.5) is 0 Å². The number of thiophene rings is 1. The van der Waals surface area contributed by atoms with Gasteiger partial charge in [-0.2, -0.15) is 0 Å². The highest BCUT2D eigenvalue weighted by Crippen LogP contribution is 2.42. The monoisotopic (exact) mass is 338 g/mol. The second-order valence-corrected chi connectivity index (χ2v) is 7.66. The number of fused-ring (bicyclic) bond motifs is 3. The Morgan fingerprint density at radius 2 is 2.14 bits per heavy atom. The van der Waals surface area contributed by atoms with E-state index >= 15 is 0 Å². The van der Waals surface area contributed by atoms with E-state index < -0.39 is 10.0 Å². The number of nitrogens with one attached hydrogen (secondary N) is 1. The molecule has 3 rings (SSSR count). The predicted octanol–water partition coefficient (Wildman–Crippen LogP) is 1.33. The summed E-state index contributed by atoms with van der Waals surface area (Å²) in [6.45, 7) is 0.417. The third kappa shape index (κ3) is 3.13. The van der Waals surface area contributed by atoms with Gasteiger partial charge < -0.3 is 10.1 Å². The Balaban J connectivity index is 1.78. The third-order valence-corrected chi connectivity index (χ3v) is 5.20. The molecule has 0 saturated carbocycles. The molecule has 0 aliphatic carbocycles. The van der Waals surface area contributed by atoms with Gasteiger partial charge in [0.25, 0.3) is 5.91 Å². The van der Waals surface area contributed by atoms with Crippen LogP contribution < -0.4 is 15.2 Å². The van der Waals surface area contributed by atoms with Gasteiger partial charge in [0.2, 0.25) is 10.0 Å². The lowest BCUT2D eigenvalue weighted by atomic mass is 10.1. The van der Waals surface area contributed by atoms with Gasteiger partial charge in [-0.15, -0.1) is 11.3 Å². The summed E-state index contributed by atoms with van der Waals surface area (Å²) in [5.74, 6) is 0.217. The fraction of sp³-hybridized carbons (Fsp3) is 0.214. The maximum Gasteiger partial charge on any atom is 0.261 e. The molecule has 1 aromatic heterocycles. The topological polar surface area (TPSA) is 98.5 Å². The Morgan fingerprint density at radius 1 is 1.36 bits per heavy atom. The quantitative estimate of drug-likeness (QED) is 0.878. The number of hydrogen-bond donors (Lipinski definition) is 2. The van der Waals surface area contributed by atoms with Gasteiger partial charge in [0.1, 0.15) is 12.4 Å². The first-order valence-corrected chi connectivity index (χ1v) is 9.11. The molecule has 3 N–H and O–H groups in total. The van der Waals surface area contributed by atoms with Crippen molar-refractivity contribution in [1.29, 1.82) is 0 Å². The molecular weight excluding hydrogens is 324 g/mol. The molecule has 2 heterocycles. The summed E-state index contributed by atoms with van der Waals surface area (Å²) in [5, 5.41) is 7.46. The highest BCUT2D eigenvalue weighted by atomic mass is 32.2. The number of carbonyl (C=O) groups excluding carboxylic acids is 1. The summed E-state index contributed by atoms with van der Waals surface area (Å²) >= 11 is 1.37. The van der Waals surface area contributed by atoms with E-state index in [1.807, 2.05) is 24.3 Å². The lowest BCUT2D eigenvalue weighted by Gasteiger charge is -2.16. The Labute approximate surface area is 132 Å². The van der Waals surface area contributed by atoms with Gasteiger partial charge in [-0.3, -0.25) is 4.79 Å². The minimum Gasteiger partial charge on any atom is -0.488 e. The van der Waals surface area contributed by atoms with E-state index in [0.29, 0.717) is 11.5 Å². The molecule has 0 atom stereocenters. The molecule has 0 bridgehead atoms. The van der Waals surface area contributed by atoms with Crippen LogP contribution in [-0.2, 0) is 16.6 Å². The van der Waals surface area contributed by atoms with E-state index in [2.05, 4.69) is 5.32 Å². The molecule has 0 spiro atoms. The van der Waals surface area contributed by atoms with E-state index in [1.165, 1.54) is 11.3 Å². The second-order valence-electron chi connectivity index (χ2n) is 4.87. The van der Waals surface area contributed by atoms with Crippen LogP contribution in [0.3, 0.4) is 0 Å². The fourth-order valence-corrected chi connectivity index (χ4v) is 3.71. The molecule has 2 aromatic rings. The zero-order valence-electron chi connectivity index (χ0n) is 11.5. The number of benzene rings is 1. The number of carbonyl (C=O) groups is 1. The number of rotatable bonds is 4.